The molecule has 3 aromatic rings. The third-order valence-corrected chi connectivity index (χ3v) is 5.31. The summed E-state index contributed by atoms with van der Waals surface area (Å²) in [5, 5.41) is 8.66. The maximum atomic E-state index is 13.5. The second-order valence-corrected chi connectivity index (χ2v) is 7.52. The predicted molar refractivity (Wildman–Crippen MR) is 113 cm³/mol. The molecule has 9 heteroatoms. The number of esters is 1. The fourth-order valence-corrected chi connectivity index (χ4v) is 3.73. The Bertz CT molecular complexity index is 1130. The third kappa shape index (κ3) is 4.25. The number of hydrogen-bond donors (Lipinski definition) is 0. The Morgan fingerprint density at radius 3 is 2.55 bits per heavy atom. The van der Waals surface area contributed by atoms with Crippen LogP contribution < -0.4 is 4.74 Å². The Balaban J connectivity index is 1.66. The molecular formula is C22H21ClN4O4. The molecule has 0 saturated heterocycles. The summed E-state index contributed by atoms with van der Waals surface area (Å²) in [7, 11) is 1.59. The molecule has 160 valence electrons. The van der Waals surface area contributed by atoms with Crippen LogP contribution in [0.3, 0.4) is 0 Å². The van der Waals surface area contributed by atoms with Crippen molar-refractivity contribution in [2.24, 2.45) is 0 Å². The van der Waals surface area contributed by atoms with E-state index in [2.05, 4.69) is 10.3 Å². The first-order valence-corrected chi connectivity index (χ1v) is 10.2. The minimum atomic E-state index is -0.674. The molecule has 1 aliphatic rings. The van der Waals surface area contributed by atoms with Gasteiger partial charge in [0.1, 0.15) is 5.75 Å². The smallest absolute Gasteiger partial charge is 0.361 e. The third-order valence-electron chi connectivity index (χ3n) is 5.08. The second-order valence-electron chi connectivity index (χ2n) is 7.09. The molecule has 0 unspecified atom stereocenters. The Kier molecular flexibility index (Phi) is 5.90. The summed E-state index contributed by atoms with van der Waals surface area (Å²) in [6.45, 7) is 2.95. The average Bonchev–Trinajstić information content (AvgIpc) is 3.38. The summed E-state index contributed by atoms with van der Waals surface area (Å²) in [4.78, 5) is 27.6. The van der Waals surface area contributed by atoms with Gasteiger partial charge in [-0.1, -0.05) is 35.0 Å². The van der Waals surface area contributed by atoms with Crippen LogP contribution in [0, 0.1) is 0 Å². The Morgan fingerprint density at radius 1 is 1.10 bits per heavy atom. The van der Waals surface area contributed by atoms with E-state index in [1.54, 1.807) is 25.0 Å². The predicted octanol–water partition coefficient (Wildman–Crippen LogP) is 3.32. The first kappa shape index (κ1) is 20.9. The number of methoxy groups -OCH3 is 1. The van der Waals surface area contributed by atoms with Crippen molar-refractivity contribution in [3.8, 4) is 5.75 Å². The molecule has 2 heterocycles. The molecule has 0 fully saturated rings. The van der Waals surface area contributed by atoms with Crippen molar-refractivity contribution in [2.45, 2.75) is 26.6 Å². The molecule has 8 nitrogen and oxygen atoms in total. The maximum Gasteiger partial charge on any atom is 0.361 e. The number of nitrogens with zero attached hydrogens (tertiary/aromatic N) is 4. The summed E-state index contributed by atoms with van der Waals surface area (Å²) in [5.74, 6) is -0.292. The molecule has 0 spiro atoms. The first-order chi connectivity index (χ1) is 15.0. The van der Waals surface area contributed by atoms with E-state index in [-0.39, 0.29) is 30.4 Å². The minimum Gasteiger partial charge on any atom is -0.497 e. The van der Waals surface area contributed by atoms with Gasteiger partial charge in [0.05, 0.1) is 20.3 Å². The summed E-state index contributed by atoms with van der Waals surface area (Å²) in [6, 6.07) is 12.9. The van der Waals surface area contributed by atoms with Gasteiger partial charge in [0.25, 0.3) is 5.91 Å². The number of aromatic nitrogens is 3. The van der Waals surface area contributed by atoms with E-state index in [1.165, 1.54) is 4.68 Å². The SMILES string of the molecule is CCOC(=O)c1nnn(Cc2ccc(OC)cc2)c1C(=O)N1Cc2ccc(Cl)cc2C1. The van der Waals surface area contributed by atoms with Crippen molar-refractivity contribution < 1.29 is 19.1 Å². The van der Waals surface area contributed by atoms with Gasteiger partial charge in [-0.3, -0.25) is 4.79 Å². The maximum absolute atomic E-state index is 13.5. The molecule has 0 bridgehead atoms. The Morgan fingerprint density at radius 2 is 1.84 bits per heavy atom. The lowest BCUT2D eigenvalue weighted by molar-refractivity contribution is 0.0511. The van der Waals surface area contributed by atoms with Crippen molar-refractivity contribution in [3.63, 3.8) is 0 Å². The van der Waals surface area contributed by atoms with Gasteiger partial charge in [-0.15, -0.1) is 5.10 Å². The molecule has 0 saturated carbocycles. The van der Waals surface area contributed by atoms with Gasteiger partial charge in [0.2, 0.25) is 5.69 Å². The molecule has 0 aliphatic carbocycles. The van der Waals surface area contributed by atoms with E-state index in [4.69, 9.17) is 21.1 Å². The number of fused-ring (bicyclic) bond motifs is 1. The van der Waals surface area contributed by atoms with Crippen LogP contribution in [0.4, 0.5) is 0 Å². The van der Waals surface area contributed by atoms with Gasteiger partial charge in [0.15, 0.2) is 5.69 Å². The zero-order valence-electron chi connectivity index (χ0n) is 17.2. The van der Waals surface area contributed by atoms with Crippen molar-refractivity contribution >= 4 is 23.5 Å². The number of carbonyl (C=O) groups is 2. The van der Waals surface area contributed by atoms with Gasteiger partial charge in [-0.2, -0.15) is 0 Å². The van der Waals surface area contributed by atoms with Gasteiger partial charge in [-0.25, -0.2) is 9.48 Å². The number of benzene rings is 2. The van der Waals surface area contributed by atoms with Crippen molar-refractivity contribution in [1.29, 1.82) is 0 Å². The molecular weight excluding hydrogens is 420 g/mol. The van der Waals surface area contributed by atoms with E-state index in [0.29, 0.717) is 18.1 Å². The molecule has 4 rings (SSSR count). The van der Waals surface area contributed by atoms with E-state index in [0.717, 1.165) is 22.4 Å². The fraction of sp³-hybridized carbons (Fsp3) is 0.273. The lowest BCUT2D eigenvalue weighted by atomic mass is 10.1. The quantitative estimate of drug-likeness (QED) is 0.546. The van der Waals surface area contributed by atoms with E-state index in [1.807, 2.05) is 36.4 Å². The number of amides is 1. The van der Waals surface area contributed by atoms with Gasteiger partial charge in [-0.05, 0) is 47.9 Å². The van der Waals surface area contributed by atoms with Crippen LogP contribution in [0.15, 0.2) is 42.5 Å². The summed E-state index contributed by atoms with van der Waals surface area (Å²) in [5.41, 5.74) is 2.89. The van der Waals surface area contributed by atoms with Crippen LogP contribution in [-0.4, -0.2) is 45.5 Å². The highest BCUT2D eigenvalue weighted by molar-refractivity contribution is 6.30. The zero-order valence-corrected chi connectivity index (χ0v) is 17.9. The molecule has 1 aliphatic heterocycles. The topological polar surface area (TPSA) is 86.5 Å². The molecule has 2 aromatic carbocycles. The van der Waals surface area contributed by atoms with Gasteiger partial charge >= 0.3 is 5.97 Å². The monoisotopic (exact) mass is 440 g/mol. The van der Waals surface area contributed by atoms with Crippen LogP contribution >= 0.6 is 11.6 Å². The highest BCUT2D eigenvalue weighted by atomic mass is 35.5. The van der Waals surface area contributed by atoms with Crippen LogP contribution in [0.2, 0.25) is 5.02 Å². The molecule has 0 radical (unpaired) electrons. The number of hydrogen-bond acceptors (Lipinski definition) is 6. The standard InChI is InChI=1S/C22H21ClN4O4/c1-3-31-22(29)19-20(21(28)26-12-15-6-7-17(23)10-16(15)13-26)27(25-24-19)11-14-4-8-18(30-2)9-5-14/h4-10H,3,11-13H2,1-2H3. The number of carbonyl (C=O) groups excluding carboxylic acids is 2. The highest BCUT2D eigenvalue weighted by Gasteiger charge is 2.32. The number of ether oxygens (including phenoxy) is 2. The molecule has 0 N–H and O–H groups in total. The molecule has 1 aromatic heterocycles. The molecule has 0 atom stereocenters. The summed E-state index contributed by atoms with van der Waals surface area (Å²) < 4.78 is 11.7. The second kappa shape index (κ2) is 8.77. The normalized spacial score (nSPS) is 12.5. The minimum absolute atomic E-state index is 0.0886. The van der Waals surface area contributed by atoms with Crippen molar-refractivity contribution in [1.82, 2.24) is 19.9 Å². The largest absolute Gasteiger partial charge is 0.497 e. The van der Waals surface area contributed by atoms with Crippen molar-refractivity contribution in [3.05, 3.63) is 75.6 Å². The summed E-state index contributed by atoms with van der Waals surface area (Å²) >= 11 is 6.09. The summed E-state index contributed by atoms with van der Waals surface area (Å²) in [6.07, 6.45) is 0. The lowest BCUT2D eigenvalue weighted by Crippen LogP contribution is -2.30. The average molecular weight is 441 g/mol. The Labute approximate surface area is 184 Å². The van der Waals surface area contributed by atoms with Crippen LogP contribution in [-0.2, 0) is 24.4 Å². The fourth-order valence-electron chi connectivity index (χ4n) is 3.53. The molecule has 1 amide bonds. The highest BCUT2D eigenvalue weighted by Crippen LogP contribution is 2.27. The van der Waals surface area contributed by atoms with Crippen LogP contribution in [0.1, 0.15) is 44.6 Å². The number of halogens is 1. The van der Waals surface area contributed by atoms with E-state index >= 15 is 0 Å². The van der Waals surface area contributed by atoms with Gasteiger partial charge < -0.3 is 14.4 Å². The van der Waals surface area contributed by atoms with Crippen LogP contribution in [0.25, 0.3) is 0 Å². The van der Waals surface area contributed by atoms with Gasteiger partial charge in [0, 0.05) is 18.1 Å². The zero-order chi connectivity index (χ0) is 22.0. The van der Waals surface area contributed by atoms with E-state index < -0.39 is 5.97 Å². The Hall–Kier alpha value is -3.39. The van der Waals surface area contributed by atoms with Crippen LogP contribution in [0.5, 0.6) is 5.75 Å². The molecule has 31 heavy (non-hydrogen) atoms. The first-order valence-electron chi connectivity index (χ1n) is 9.80. The van der Waals surface area contributed by atoms with Crippen molar-refractivity contribution in [2.75, 3.05) is 13.7 Å². The number of rotatable bonds is 6. The lowest BCUT2D eigenvalue weighted by Gasteiger charge is -2.17. The van der Waals surface area contributed by atoms with E-state index in [9.17, 15) is 9.59 Å².